The van der Waals surface area contributed by atoms with Crippen LogP contribution in [-0.2, 0) is 16.1 Å². The SMILES string of the molecule is CCCN(CC(=O)OC)Cc1ccc(F)cc1. The van der Waals surface area contributed by atoms with Crippen molar-refractivity contribution >= 4 is 5.97 Å². The van der Waals surface area contributed by atoms with Gasteiger partial charge in [0.2, 0.25) is 0 Å². The van der Waals surface area contributed by atoms with E-state index >= 15 is 0 Å². The summed E-state index contributed by atoms with van der Waals surface area (Å²) in [5.41, 5.74) is 0.990. The van der Waals surface area contributed by atoms with E-state index in [4.69, 9.17) is 0 Å². The summed E-state index contributed by atoms with van der Waals surface area (Å²) in [5.74, 6) is -0.496. The molecule has 0 saturated heterocycles. The second-order valence-corrected chi connectivity index (χ2v) is 3.91. The molecule has 0 radical (unpaired) electrons. The summed E-state index contributed by atoms with van der Waals surface area (Å²) in [6.07, 6.45) is 0.957. The number of methoxy groups -OCH3 is 1. The van der Waals surface area contributed by atoms with Gasteiger partial charge in [-0.05, 0) is 30.7 Å². The summed E-state index contributed by atoms with van der Waals surface area (Å²) >= 11 is 0. The van der Waals surface area contributed by atoms with Crippen molar-refractivity contribution in [3.05, 3.63) is 35.6 Å². The molecule has 0 spiro atoms. The number of rotatable bonds is 6. The van der Waals surface area contributed by atoms with E-state index in [0.29, 0.717) is 6.54 Å². The smallest absolute Gasteiger partial charge is 0.319 e. The lowest BCUT2D eigenvalue weighted by molar-refractivity contribution is -0.142. The molecule has 0 saturated carbocycles. The average Bonchev–Trinajstić information content (AvgIpc) is 2.32. The van der Waals surface area contributed by atoms with E-state index in [-0.39, 0.29) is 18.3 Å². The molecule has 1 rings (SSSR count). The zero-order chi connectivity index (χ0) is 12.7. The van der Waals surface area contributed by atoms with Gasteiger partial charge in [-0.25, -0.2) is 4.39 Å². The van der Waals surface area contributed by atoms with Crippen LogP contribution in [0.15, 0.2) is 24.3 Å². The second-order valence-electron chi connectivity index (χ2n) is 3.91. The number of hydrogen-bond acceptors (Lipinski definition) is 3. The summed E-state index contributed by atoms with van der Waals surface area (Å²) in [6.45, 7) is 3.76. The number of carbonyl (C=O) groups excluding carboxylic acids is 1. The van der Waals surface area contributed by atoms with Gasteiger partial charge in [-0.1, -0.05) is 19.1 Å². The van der Waals surface area contributed by atoms with Crippen molar-refractivity contribution in [3.63, 3.8) is 0 Å². The molecule has 0 N–H and O–H groups in total. The number of ether oxygens (including phenoxy) is 1. The summed E-state index contributed by atoms with van der Waals surface area (Å²) in [7, 11) is 1.38. The molecule has 3 nitrogen and oxygen atoms in total. The van der Waals surface area contributed by atoms with E-state index in [1.165, 1.54) is 19.2 Å². The maximum Gasteiger partial charge on any atom is 0.319 e. The van der Waals surface area contributed by atoms with Crippen molar-refractivity contribution in [1.82, 2.24) is 4.90 Å². The monoisotopic (exact) mass is 239 g/mol. The Morgan fingerprint density at radius 2 is 2.00 bits per heavy atom. The van der Waals surface area contributed by atoms with Crippen LogP contribution in [0.25, 0.3) is 0 Å². The average molecular weight is 239 g/mol. The number of esters is 1. The Kier molecular flexibility index (Phi) is 5.63. The maximum atomic E-state index is 12.7. The van der Waals surface area contributed by atoms with E-state index in [0.717, 1.165) is 18.5 Å². The van der Waals surface area contributed by atoms with E-state index in [1.54, 1.807) is 12.1 Å². The topological polar surface area (TPSA) is 29.5 Å². The molecule has 0 atom stereocenters. The van der Waals surface area contributed by atoms with Crippen LogP contribution < -0.4 is 0 Å². The minimum absolute atomic E-state index is 0.247. The van der Waals surface area contributed by atoms with E-state index in [9.17, 15) is 9.18 Å². The van der Waals surface area contributed by atoms with Gasteiger partial charge in [0, 0.05) is 6.54 Å². The van der Waals surface area contributed by atoms with E-state index in [2.05, 4.69) is 11.7 Å². The Morgan fingerprint density at radius 1 is 1.35 bits per heavy atom. The molecular weight excluding hydrogens is 221 g/mol. The van der Waals surface area contributed by atoms with Crippen LogP contribution in [0.4, 0.5) is 4.39 Å². The largest absolute Gasteiger partial charge is 0.468 e. The Labute approximate surface area is 101 Å². The lowest BCUT2D eigenvalue weighted by atomic mass is 10.2. The fraction of sp³-hybridized carbons (Fsp3) is 0.462. The molecule has 4 heteroatoms. The number of hydrogen-bond donors (Lipinski definition) is 0. The Bertz CT molecular complexity index is 351. The van der Waals surface area contributed by atoms with Gasteiger partial charge < -0.3 is 4.74 Å². The van der Waals surface area contributed by atoms with E-state index < -0.39 is 0 Å². The minimum Gasteiger partial charge on any atom is -0.468 e. The first-order chi connectivity index (χ1) is 8.15. The Morgan fingerprint density at radius 3 is 2.53 bits per heavy atom. The van der Waals surface area contributed by atoms with Gasteiger partial charge in [0.25, 0.3) is 0 Å². The Balaban J connectivity index is 2.59. The summed E-state index contributed by atoms with van der Waals surface area (Å²) in [4.78, 5) is 13.2. The van der Waals surface area contributed by atoms with Crippen molar-refractivity contribution in [2.45, 2.75) is 19.9 Å². The lowest BCUT2D eigenvalue weighted by Gasteiger charge is -2.20. The van der Waals surface area contributed by atoms with Crippen molar-refractivity contribution in [1.29, 1.82) is 0 Å². The first-order valence-corrected chi connectivity index (χ1v) is 5.69. The van der Waals surface area contributed by atoms with Crippen LogP contribution in [0.3, 0.4) is 0 Å². The van der Waals surface area contributed by atoms with Crippen LogP contribution in [0.5, 0.6) is 0 Å². The molecule has 0 unspecified atom stereocenters. The van der Waals surface area contributed by atoms with Gasteiger partial charge in [0.05, 0.1) is 13.7 Å². The van der Waals surface area contributed by atoms with Crippen molar-refractivity contribution in [2.24, 2.45) is 0 Å². The Hall–Kier alpha value is -1.42. The van der Waals surface area contributed by atoms with Gasteiger partial charge >= 0.3 is 5.97 Å². The van der Waals surface area contributed by atoms with Crippen molar-refractivity contribution in [3.8, 4) is 0 Å². The summed E-state index contributed by atoms with van der Waals surface area (Å²) in [5, 5.41) is 0. The fourth-order valence-electron chi connectivity index (χ4n) is 1.63. The molecule has 0 aromatic heterocycles. The third kappa shape index (κ3) is 4.95. The molecule has 17 heavy (non-hydrogen) atoms. The van der Waals surface area contributed by atoms with Gasteiger partial charge in [-0.15, -0.1) is 0 Å². The summed E-state index contributed by atoms with van der Waals surface area (Å²) in [6, 6.07) is 6.32. The highest BCUT2D eigenvalue weighted by Crippen LogP contribution is 2.07. The first kappa shape index (κ1) is 13.6. The fourth-order valence-corrected chi connectivity index (χ4v) is 1.63. The number of carbonyl (C=O) groups is 1. The van der Waals surface area contributed by atoms with Gasteiger partial charge in [-0.3, -0.25) is 9.69 Å². The van der Waals surface area contributed by atoms with Crippen molar-refractivity contribution in [2.75, 3.05) is 20.2 Å². The molecule has 1 aromatic rings. The van der Waals surface area contributed by atoms with Crippen LogP contribution >= 0.6 is 0 Å². The molecule has 1 aromatic carbocycles. The van der Waals surface area contributed by atoms with Crippen molar-refractivity contribution < 1.29 is 13.9 Å². The predicted molar refractivity (Wildman–Crippen MR) is 64.0 cm³/mol. The highest BCUT2D eigenvalue weighted by Gasteiger charge is 2.10. The molecule has 0 fully saturated rings. The van der Waals surface area contributed by atoms with Crippen LogP contribution in [0.2, 0.25) is 0 Å². The number of nitrogens with zero attached hydrogens (tertiary/aromatic N) is 1. The predicted octanol–water partition coefficient (Wildman–Crippen LogP) is 2.21. The highest BCUT2D eigenvalue weighted by atomic mass is 19.1. The van der Waals surface area contributed by atoms with Gasteiger partial charge in [0.15, 0.2) is 0 Å². The van der Waals surface area contributed by atoms with Gasteiger partial charge in [0.1, 0.15) is 5.82 Å². The zero-order valence-electron chi connectivity index (χ0n) is 10.3. The van der Waals surface area contributed by atoms with Crippen LogP contribution in [-0.4, -0.2) is 31.1 Å². The zero-order valence-corrected chi connectivity index (χ0v) is 10.3. The quantitative estimate of drug-likeness (QED) is 0.713. The summed E-state index contributed by atoms with van der Waals surface area (Å²) < 4.78 is 17.4. The molecule has 0 heterocycles. The minimum atomic E-state index is -0.249. The standard InChI is InChI=1S/C13H18FNO2/c1-3-8-15(10-13(16)17-2)9-11-4-6-12(14)7-5-11/h4-7H,3,8-10H2,1-2H3. The van der Waals surface area contributed by atoms with E-state index in [1.807, 2.05) is 4.90 Å². The third-order valence-electron chi connectivity index (χ3n) is 2.44. The molecule has 0 bridgehead atoms. The first-order valence-electron chi connectivity index (χ1n) is 5.69. The number of benzene rings is 1. The molecule has 0 amide bonds. The number of halogens is 1. The third-order valence-corrected chi connectivity index (χ3v) is 2.44. The lowest BCUT2D eigenvalue weighted by Crippen LogP contribution is -2.30. The molecule has 0 aliphatic rings. The molecule has 94 valence electrons. The molecule has 0 aliphatic heterocycles. The second kappa shape index (κ2) is 7.01. The van der Waals surface area contributed by atoms with Crippen LogP contribution in [0.1, 0.15) is 18.9 Å². The molecular formula is C13H18FNO2. The molecule has 0 aliphatic carbocycles. The normalized spacial score (nSPS) is 10.6. The van der Waals surface area contributed by atoms with Gasteiger partial charge in [-0.2, -0.15) is 0 Å². The maximum absolute atomic E-state index is 12.7. The van der Waals surface area contributed by atoms with Crippen LogP contribution in [0, 0.1) is 5.82 Å². The highest BCUT2D eigenvalue weighted by molar-refractivity contribution is 5.71.